The van der Waals surface area contributed by atoms with Crippen LogP contribution in [0.15, 0.2) is 24.3 Å². The molecule has 31 heavy (non-hydrogen) atoms. The number of nitrogens with one attached hydrogen (secondary N) is 2. The number of methoxy groups -OCH3 is 2. The van der Waals surface area contributed by atoms with Crippen LogP contribution in [0.1, 0.15) is 19.4 Å². The van der Waals surface area contributed by atoms with Crippen LogP contribution in [0.3, 0.4) is 0 Å². The van der Waals surface area contributed by atoms with Crippen LogP contribution < -0.4 is 16.4 Å². The van der Waals surface area contributed by atoms with Gasteiger partial charge in [0.2, 0.25) is 17.7 Å². The average Bonchev–Trinajstić information content (AvgIpc) is 2.70. The number of rotatable bonds is 10. The molecule has 0 heterocycles. The van der Waals surface area contributed by atoms with E-state index in [1.165, 1.54) is 32.0 Å². The zero-order valence-electron chi connectivity index (χ0n) is 17.6. The van der Waals surface area contributed by atoms with Gasteiger partial charge in [0.05, 0.1) is 14.2 Å². The van der Waals surface area contributed by atoms with E-state index < -0.39 is 59.4 Å². The van der Waals surface area contributed by atoms with Crippen molar-refractivity contribution in [3.8, 4) is 0 Å². The topological polar surface area (TPSA) is 154 Å². The zero-order chi connectivity index (χ0) is 23.7. The second-order valence-electron chi connectivity index (χ2n) is 6.86. The summed E-state index contributed by atoms with van der Waals surface area (Å²) < 4.78 is 22.6. The number of esters is 2. The summed E-state index contributed by atoms with van der Waals surface area (Å²) in [5, 5.41) is 4.78. The average molecular weight is 439 g/mol. The van der Waals surface area contributed by atoms with Crippen LogP contribution in [0.25, 0.3) is 0 Å². The second kappa shape index (κ2) is 11.6. The molecule has 1 rings (SSSR count). The normalized spacial score (nSPS) is 13.5. The first-order valence-electron chi connectivity index (χ1n) is 9.28. The minimum absolute atomic E-state index is 0.0829. The lowest BCUT2D eigenvalue weighted by Crippen LogP contribution is -2.57. The predicted octanol–water partition coefficient (Wildman–Crippen LogP) is -0.559. The molecule has 0 saturated heterocycles. The fourth-order valence-corrected chi connectivity index (χ4v) is 3.04. The summed E-state index contributed by atoms with van der Waals surface area (Å²) in [4.78, 5) is 60.5. The van der Waals surface area contributed by atoms with Gasteiger partial charge in [-0.15, -0.1) is 0 Å². The van der Waals surface area contributed by atoms with Gasteiger partial charge in [-0.1, -0.05) is 19.1 Å². The van der Waals surface area contributed by atoms with E-state index in [9.17, 15) is 28.4 Å². The van der Waals surface area contributed by atoms with Crippen LogP contribution in [0.4, 0.5) is 4.39 Å². The summed E-state index contributed by atoms with van der Waals surface area (Å²) >= 11 is 0. The first-order valence-corrected chi connectivity index (χ1v) is 9.28. The van der Waals surface area contributed by atoms with Crippen molar-refractivity contribution in [1.29, 1.82) is 0 Å². The lowest BCUT2D eigenvalue weighted by atomic mass is 9.86. The fraction of sp³-hybridized carbons (Fsp3) is 0.450. The van der Waals surface area contributed by atoms with E-state index in [4.69, 9.17) is 5.73 Å². The highest BCUT2D eigenvalue weighted by Gasteiger charge is 2.41. The largest absolute Gasteiger partial charge is 0.468 e. The molecule has 4 N–H and O–H groups in total. The molecule has 0 bridgehead atoms. The van der Waals surface area contributed by atoms with Gasteiger partial charge in [-0.25, -0.2) is 4.39 Å². The Balaban J connectivity index is 3.14. The van der Waals surface area contributed by atoms with Crippen molar-refractivity contribution in [3.05, 3.63) is 35.6 Å². The van der Waals surface area contributed by atoms with Crippen LogP contribution in [0.2, 0.25) is 0 Å². The maximum atomic E-state index is 13.5. The number of primary amides is 1. The van der Waals surface area contributed by atoms with E-state index in [0.29, 0.717) is 5.56 Å². The molecule has 170 valence electrons. The van der Waals surface area contributed by atoms with E-state index in [0.717, 1.165) is 14.2 Å². The van der Waals surface area contributed by atoms with Gasteiger partial charge < -0.3 is 25.8 Å². The quantitative estimate of drug-likeness (QED) is 0.326. The first kappa shape index (κ1) is 25.5. The Morgan fingerprint density at radius 1 is 1.06 bits per heavy atom. The van der Waals surface area contributed by atoms with Crippen molar-refractivity contribution in [1.82, 2.24) is 10.6 Å². The molecular formula is C20H26FN3O7. The van der Waals surface area contributed by atoms with E-state index in [1.807, 2.05) is 0 Å². The van der Waals surface area contributed by atoms with Crippen molar-refractivity contribution in [2.24, 2.45) is 17.6 Å². The maximum Gasteiger partial charge on any atom is 0.320 e. The minimum atomic E-state index is -1.53. The number of carbonyl (C=O) groups excluding carboxylic acids is 5. The Morgan fingerprint density at radius 2 is 1.65 bits per heavy atom. The van der Waals surface area contributed by atoms with Gasteiger partial charge in [0.25, 0.3) is 0 Å². The third kappa shape index (κ3) is 7.36. The number of ether oxygens (including phenoxy) is 2. The van der Waals surface area contributed by atoms with E-state index >= 15 is 0 Å². The summed E-state index contributed by atoms with van der Waals surface area (Å²) in [6.45, 7) is 2.53. The summed E-state index contributed by atoms with van der Waals surface area (Å²) in [7, 11) is 2.10. The molecule has 10 nitrogen and oxygen atoms in total. The van der Waals surface area contributed by atoms with E-state index in [1.54, 1.807) is 6.07 Å². The van der Waals surface area contributed by atoms with Crippen LogP contribution in [0.5, 0.6) is 0 Å². The lowest BCUT2D eigenvalue weighted by molar-refractivity contribution is -0.162. The van der Waals surface area contributed by atoms with Gasteiger partial charge in [-0.2, -0.15) is 0 Å². The van der Waals surface area contributed by atoms with Gasteiger partial charge in [-0.05, 0) is 17.7 Å². The van der Waals surface area contributed by atoms with E-state index in [-0.39, 0.29) is 6.42 Å². The predicted molar refractivity (Wildman–Crippen MR) is 106 cm³/mol. The zero-order valence-corrected chi connectivity index (χ0v) is 17.6. The van der Waals surface area contributed by atoms with Crippen LogP contribution in [-0.2, 0) is 39.9 Å². The molecule has 3 amide bonds. The molecule has 0 fully saturated rings. The standard InChI is InChI=1S/C20H26FN3O7/c1-10(15(19(28)30-3)20(29)31-4)16(17(22)26)24-18(27)14(23-11(2)25)9-12-6-5-7-13(21)8-12/h5-8,10,14-16H,9H2,1-4H3,(H2,22,26)(H,23,25)(H,24,27)/t10-,14-,16+/m1/s1. The molecule has 0 aliphatic heterocycles. The molecule has 0 aromatic heterocycles. The van der Waals surface area contributed by atoms with Gasteiger partial charge in [0.1, 0.15) is 17.9 Å². The van der Waals surface area contributed by atoms with Gasteiger partial charge >= 0.3 is 11.9 Å². The molecule has 0 radical (unpaired) electrons. The second-order valence-corrected chi connectivity index (χ2v) is 6.86. The highest BCUT2D eigenvalue weighted by molar-refractivity contribution is 5.97. The molecular weight excluding hydrogens is 413 g/mol. The number of benzene rings is 1. The van der Waals surface area contributed by atoms with E-state index in [2.05, 4.69) is 20.1 Å². The maximum absolute atomic E-state index is 13.5. The van der Waals surface area contributed by atoms with Gasteiger partial charge in [0, 0.05) is 19.3 Å². The minimum Gasteiger partial charge on any atom is -0.468 e. The number of halogens is 1. The van der Waals surface area contributed by atoms with Crippen LogP contribution in [0, 0.1) is 17.7 Å². The fourth-order valence-electron chi connectivity index (χ4n) is 3.04. The Bertz CT molecular complexity index is 830. The molecule has 0 unspecified atom stereocenters. The third-order valence-corrected chi connectivity index (χ3v) is 4.59. The smallest absolute Gasteiger partial charge is 0.320 e. The van der Waals surface area contributed by atoms with Gasteiger partial charge in [-0.3, -0.25) is 24.0 Å². The van der Waals surface area contributed by atoms with Crippen LogP contribution in [-0.4, -0.2) is 56.0 Å². The van der Waals surface area contributed by atoms with Crippen molar-refractivity contribution in [3.63, 3.8) is 0 Å². The molecule has 11 heteroatoms. The number of hydrogen-bond acceptors (Lipinski definition) is 7. The number of hydrogen-bond donors (Lipinski definition) is 3. The molecule has 1 aromatic carbocycles. The highest BCUT2D eigenvalue weighted by Crippen LogP contribution is 2.20. The summed E-state index contributed by atoms with van der Waals surface area (Å²) in [5.41, 5.74) is 5.80. The SMILES string of the molecule is COC(=O)C(C(=O)OC)[C@@H](C)[C@H](NC(=O)[C@@H](Cc1cccc(F)c1)NC(C)=O)C(N)=O. The van der Waals surface area contributed by atoms with Crippen molar-refractivity contribution in [2.75, 3.05) is 14.2 Å². The Kier molecular flexibility index (Phi) is 9.58. The van der Waals surface area contributed by atoms with Crippen molar-refractivity contribution < 1.29 is 37.8 Å². The Hall–Kier alpha value is -3.50. The first-order chi connectivity index (χ1) is 14.5. The summed E-state index contributed by atoms with van der Waals surface area (Å²) in [6.07, 6.45) is -0.0829. The third-order valence-electron chi connectivity index (χ3n) is 4.59. The summed E-state index contributed by atoms with van der Waals surface area (Å²) in [5.74, 6) is -7.52. The van der Waals surface area contributed by atoms with Crippen molar-refractivity contribution in [2.45, 2.75) is 32.4 Å². The number of amides is 3. The molecule has 0 saturated carbocycles. The summed E-state index contributed by atoms with van der Waals surface area (Å²) in [6, 6.07) is 2.77. The lowest BCUT2D eigenvalue weighted by Gasteiger charge is -2.28. The highest BCUT2D eigenvalue weighted by atomic mass is 19.1. The molecule has 0 spiro atoms. The number of carbonyl (C=O) groups is 5. The molecule has 3 atom stereocenters. The number of nitrogens with two attached hydrogens (primary N) is 1. The molecule has 0 aliphatic carbocycles. The molecule has 0 aliphatic rings. The van der Waals surface area contributed by atoms with Crippen LogP contribution >= 0.6 is 0 Å². The Labute approximate surface area is 178 Å². The monoisotopic (exact) mass is 439 g/mol. The van der Waals surface area contributed by atoms with Gasteiger partial charge in [0.15, 0.2) is 5.92 Å². The van der Waals surface area contributed by atoms with Crippen molar-refractivity contribution >= 4 is 29.7 Å². The molecule has 1 aromatic rings. The Morgan fingerprint density at radius 3 is 2.10 bits per heavy atom.